The zero-order chi connectivity index (χ0) is 14.4. The van der Waals surface area contributed by atoms with Gasteiger partial charge >= 0.3 is 0 Å². The lowest BCUT2D eigenvalue weighted by atomic mass is 10.4. The number of nitrogens with one attached hydrogen (secondary N) is 2. The van der Waals surface area contributed by atoms with Crippen molar-refractivity contribution in [3.8, 4) is 0 Å². The van der Waals surface area contributed by atoms with Gasteiger partial charge in [-0.1, -0.05) is 13.8 Å². The first-order valence-electron chi connectivity index (χ1n) is 6.66. The van der Waals surface area contributed by atoms with E-state index in [0.717, 1.165) is 31.3 Å². The predicted molar refractivity (Wildman–Crippen MR) is 74.0 cm³/mol. The fraction of sp³-hybridized carbons (Fsp3) is 0.462. The molecule has 2 aromatic rings. The lowest BCUT2D eigenvalue weighted by Gasteiger charge is -2.07. The van der Waals surface area contributed by atoms with E-state index in [-0.39, 0.29) is 12.4 Å². The highest BCUT2D eigenvalue weighted by atomic mass is 19.1. The number of aryl methyl sites for hydroxylation is 1. The summed E-state index contributed by atoms with van der Waals surface area (Å²) in [6.07, 6.45) is 4.53. The highest BCUT2D eigenvalue weighted by Gasteiger charge is 2.08. The molecule has 0 amide bonds. The molecule has 0 aliphatic heterocycles. The smallest absolute Gasteiger partial charge is 0.224 e. The average molecular weight is 279 g/mol. The molecule has 7 heteroatoms. The molecule has 2 heterocycles. The molecule has 2 aromatic heterocycles. The SMILES string of the molecule is CCCNc1ncc(F)c(NCc2ncc(CC)o2)n1. The number of halogens is 1. The summed E-state index contributed by atoms with van der Waals surface area (Å²) in [6.45, 7) is 5.03. The Hall–Kier alpha value is -2.18. The van der Waals surface area contributed by atoms with Crippen LogP contribution < -0.4 is 10.6 Å². The van der Waals surface area contributed by atoms with Crippen LogP contribution in [-0.4, -0.2) is 21.5 Å². The van der Waals surface area contributed by atoms with E-state index < -0.39 is 5.82 Å². The number of oxazole rings is 1. The molecule has 20 heavy (non-hydrogen) atoms. The molecule has 0 spiro atoms. The third-order valence-corrected chi connectivity index (χ3v) is 2.63. The molecule has 0 aliphatic rings. The van der Waals surface area contributed by atoms with Crippen LogP contribution in [-0.2, 0) is 13.0 Å². The van der Waals surface area contributed by atoms with Gasteiger partial charge in [-0.2, -0.15) is 4.98 Å². The molecule has 0 radical (unpaired) electrons. The first-order chi connectivity index (χ1) is 9.72. The van der Waals surface area contributed by atoms with Gasteiger partial charge in [0, 0.05) is 13.0 Å². The predicted octanol–water partition coefficient (Wildman–Crippen LogP) is 2.60. The molecule has 2 rings (SSSR count). The van der Waals surface area contributed by atoms with Gasteiger partial charge in [-0.15, -0.1) is 0 Å². The fourth-order valence-corrected chi connectivity index (χ4v) is 1.57. The van der Waals surface area contributed by atoms with Crippen LogP contribution in [0.15, 0.2) is 16.8 Å². The highest BCUT2D eigenvalue weighted by Crippen LogP contribution is 2.13. The Morgan fingerprint density at radius 3 is 2.75 bits per heavy atom. The zero-order valence-electron chi connectivity index (χ0n) is 11.6. The Morgan fingerprint density at radius 2 is 2.05 bits per heavy atom. The summed E-state index contributed by atoms with van der Waals surface area (Å²) in [5, 5.41) is 5.87. The van der Waals surface area contributed by atoms with Crippen LogP contribution in [0.1, 0.15) is 31.9 Å². The van der Waals surface area contributed by atoms with Crippen molar-refractivity contribution in [2.75, 3.05) is 17.2 Å². The van der Waals surface area contributed by atoms with E-state index in [1.807, 2.05) is 13.8 Å². The van der Waals surface area contributed by atoms with Gasteiger partial charge in [-0.05, 0) is 6.42 Å². The van der Waals surface area contributed by atoms with Gasteiger partial charge in [-0.25, -0.2) is 14.4 Å². The van der Waals surface area contributed by atoms with Crippen molar-refractivity contribution >= 4 is 11.8 Å². The van der Waals surface area contributed by atoms with E-state index in [0.29, 0.717) is 11.8 Å². The second kappa shape index (κ2) is 6.83. The minimum Gasteiger partial charge on any atom is -0.444 e. The summed E-state index contributed by atoms with van der Waals surface area (Å²) in [5.74, 6) is 1.33. The monoisotopic (exact) mass is 279 g/mol. The molecule has 0 saturated heterocycles. The van der Waals surface area contributed by atoms with Crippen molar-refractivity contribution in [1.29, 1.82) is 0 Å². The molecule has 0 bridgehead atoms. The standard InChI is InChI=1S/C13H18FN5O/c1-3-5-15-13-18-7-10(14)12(19-13)17-8-11-16-6-9(4-2)20-11/h6-7H,3-5,8H2,1-2H3,(H2,15,17,18,19). The van der Waals surface area contributed by atoms with Crippen LogP contribution in [0.2, 0.25) is 0 Å². The van der Waals surface area contributed by atoms with Crippen LogP contribution in [0.3, 0.4) is 0 Å². The third kappa shape index (κ3) is 3.66. The molecular formula is C13H18FN5O. The molecular weight excluding hydrogens is 261 g/mol. The van der Waals surface area contributed by atoms with E-state index >= 15 is 0 Å². The second-order valence-electron chi connectivity index (χ2n) is 4.24. The summed E-state index contributed by atoms with van der Waals surface area (Å²) in [4.78, 5) is 12.0. The lowest BCUT2D eigenvalue weighted by Crippen LogP contribution is -2.09. The Bertz CT molecular complexity index is 557. The molecule has 0 atom stereocenters. The van der Waals surface area contributed by atoms with Crippen LogP contribution in [0.4, 0.5) is 16.2 Å². The molecule has 0 fully saturated rings. The normalized spacial score (nSPS) is 10.6. The topological polar surface area (TPSA) is 75.9 Å². The Balaban J connectivity index is 2.00. The van der Waals surface area contributed by atoms with Crippen LogP contribution in [0, 0.1) is 5.82 Å². The second-order valence-corrected chi connectivity index (χ2v) is 4.24. The van der Waals surface area contributed by atoms with Crippen LogP contribution in [0.5, 0.6) is 0 Å². The van der Waals surface area contributed by atoms with Gasteiger partial charge in [0.05, 0.1) is 18.9 Å². The summed E-state index contributed by atoms with van der Waals surface area (Å²) in [5.41, 5.74) is 0. The van der Waals surface area contributed by atoms with Gasteiger partial charge in [0.15, 0.2) is 11.6 Å². The van der Waals surface area contributed by atoms with E-state index in [4.69, 9.17) is 4.42 Å². The number of nitrogens with zero attached hydrogens (tertiary/aromatic N) is 3. The molecule has 6 nitrogen and oxygen atoms in total. The van der Waals surface area contributed by atoms with Gasteiger partial charge in [-0.3, -0.25) is 0 Å². The zero-order valence-corrected chi connectivity index (χ0v) is 11.6. The van der Waals surface area contributed by atoms with Gasteiger partial charge in [0.2, 0.25) is 11.8 Å². The fourth-order valence-electron chi connectivity index (χ4n) is 1.57. The number of aromatic nitrogens is 3. The molecule has 0 unspecified atom stereocenters. The minimum absolute atomic E-state index is 0.134. The molecule has 108 valence electrons. The van der Waals surface area contributed by atoms with E-state index in [1.165, 1.54) is 0 Å². The maximum Gasteiger partial charge on any atom is 0.224 e. The van der Waals surface area contributed by atoms with Crippen LogP contribution >= 0.6 is 0 Å². The minimum atomic E-state index is -0.505. The summed E-state index contributed by atoms with van der Waals surface area (Å²) >= 11 is 0. The quantitative estimate of drug-likeness (QED) is 0.811. The number of hydrogen-bond acceptors (Lipinski definition) is 6. The Morgan fingerprint density at radius 1 is 1.20 bits per heavy atom. The highest BCUT2D eigenvalue weighted by molar-refractivity contribution is 5.40. The first kappa shape index (κ1) is 14.2. The van der Waals surface area contributed by atoms with Crippen molar-refractivity contribution < 1.29 is 8.81 Å². The largest absolute Gasteiger partial charge is 0.444 e. The van der Waals surface area contributed by atoms with Crippen molar-refractivity contribution in [3.05, 3.63) is 29.9 Å². The van der Waals surface area contributed by atoms with E-state index in [1.54, 1.807) is 6.20 Å². The third-order valence-electron chi connectivity index (χ3n) is 2.63. The van der Waals surface area contributed by atoms with Crippen molar-refractivity contribution in [2.45, 2.75) is 33.2 Å². The maximum atomic E-state index is 13.6. The van der Waals surface area contributed by atoms with Gasteiger partial charge < -0.3 is 15.1 Å². The molecule has 2 N–H and O–H groups in total. The molecule has 0 saturated carbocycles. The molecule has 0 aromatic carbocycles. The Labute approximate surface area is 116 Å². The van der Waals surface area contributed by atoms with Crippen molar-refractivity contribution in [2.24, 2.45) is 0 Å². The van der Waals surface area contributed by atoms with Crippen molar-refractivity contribution in [1.82, 2.24) is 15.0 Å². The number of anilines is 2. The average Bonchev–Trinajstić information content (AvgIpc) is 2.93. The summed E-state index contributed by atoms with van der Waals surface area (Å²) in [6, 6.07) is 0. The summed E-state index contributed by atoms with van der Waals surface area (Å²) < 4.78 is 19.0. The van der Waals surface area contributed by atoms with Gasteiger partial charge in [0.1, 0.15) is 5.76 Å². The Kier molecular flexibility index (Phi) is 4.86. The summed E-state index contributed by atoms with van der Waals surface area (Å²) in [7, 11) is 0. The first-order valence-corrected chi connectivity index (χ1v) is 6.66. The van der Waals surface area contributed by atoms with Crippen molar-refractivity contribution in [3.63, 3.8) is 0 Å². The van der Waals surface area contributed by atoms with E-state index in [9.17, 15) is 4.39 Å². The number of hydrogen-bond donors (Lipinski definition) is 2. The van der Waals surface area contributed by atoms with Crippen LogP contribution in [0.25, 0.3) is 0 Å². The lowest BCUT2D eigenvalue weighted by molar-refractivity contribution is 0.465. The maximum absolute atomic E-state index is 13.6. The molecule has 0 aliphatic carbocycles. The van der Waals surface area contributed by atoms with Gasteiger partial charge in [0.25, 0.3) is 0 Å². The number of rotatable bonds is 7. The van der Waals surface area contributed by atoms with E-state index in [2.05, 4.69) is 25.6 Å².